The van der Waals surface area contributed by atoms with Crippen molar-refractivity contribution in [2.24, 2.45) is 0 Å². The van der Waals surface area contributed by atoms with Crippen LogP contribution in [0.15, 0.2) is 35.2 Å². The number of benzene rings is 1. The summed E-state index contributed by atoms with van der Waals surface area (Å²) in [6.07, 6.45) is -4.61. The van der Waals surface area contributed by atoms with Gasteiger partial charge in [0.2, 0.25) is 0 Å². The maximum Gasteiger partial charge on any atom is 0.417 e. The number of aromatic nitrogens is 2. The van der Waals surface area contributed by atoms with E-state index in [9.17, 15) is 31.6 Å². The van der Waals surface area contributed by atoms with E-state index in [4.69, 9.17) is 4.74 Å². The number of aryl methyl sites for hydroxylation is 1. The molecule has 1 amide bonds. The van der Waals surface area contributed by atoms with Crippen LogP contribution in [0.5, 0.6) is 0 Å². The van der Waals surface area contributed by atoms with E-state index < -0.39 is 49.6 Å². The van der Waals surface area contributed by atoms with Crippen LogP contribution in [0.25, 0.3) is 0 Å². The van der Waals surface area contributed by atoms with E-state index in [-0.39, 0.29) is 19.0 Å². The van der Waals surface area contributed by atoms with Crippen LogP contribution in [0.2, 0.25) is 0 Å². The SMILES string of the molecule is Cc1cc(N2C[C@H](S(=O)(=O)c3ccccc3C(F)(F)F)C[C@@H]2OC(=O)NC2(C#N)CC2)n(C2CCNCC2)n1. The number of alkyl halides is 3. The molecule has 3 heterocycles. The number of anilines is 1. The van der Waals surface area contributed by atoms with Crippen LogP contribution in [0.1, 0.15) is 49.4 Å². The summed E-state index contributed by atoms with van der Waals surface area (Å²) in [5.74, 6) is 0.528. The number of alkyl carbamates (subject to hydrolysis) is 1. The van der Waals surface area contributed by atoms with Crippen molar-refractivity contribution >= 4 is 21.7 Å². The number of carbonyl (C=O) groups excluding carboxylic acids is 1. The Bertz CT molecular complexity index is 1390. The zero-order valence-corrected chi connectivity index (χ0v) is 22.1. The van der Waals surface area contributed by atoms with Gasteiger partial charge in [0.1, 0.15) is 11.4 Å². The molecule has 0 spiro atoms. The van der Waals surface area contributed by atoms with Crippen molar-refractivity contribution in [1.29, 1.82) is 5.26 Å². The molecule has 2 saturated heterocycles. The number of rotatable bonds is 6. The second-order valence-electron chi connectivity index (χ2n) is 10.3. The van der Waals surface area contributed by atoms with Gasteiger partial charge in [0.15, 0.2) is 16.1 Å². The average Bonchev–Trinajstić information content (AvgIpc) is 3.36. The number of hydrogen-bond acceptors (Lipinski definition) is 8. The molecule has 2 atom stereocenters. The lowest BCUT2D eigenvalue weighted by Gasteiger charge is -2.30. The third-order valence-electron chi connectivity index (χ3n) is 7.49. The first-order chi connectivity index (χ1) is 18.4. The molecular formula is C25H29F3N6O4S. The normalized spacial score (nSPS) is 23.3. The number of nitrogens with one attached hydrogen (secondary N) is 2. The van der Waals surface area contributed by atoms with Gasteiger partial charge in [-0.1, -0.05) is 12.1 Å². The highest BCUT2D eigenvalue weighted by Crippen LogP contribution is 2.40. The van der Waals surface area contributed by atoms with Crippen LogP contribution >= 0.6 is 0 Å². The van der Waals surface area contributed by atoms with Crippen molar-refractivity contribution in [3.05, 3.63) is 41.6 Å². The summed E-state index contributed by atoms with van der Waals surface area (Å²) in [7, 11) is -4.49. The molecule has 39 heavy (non-hydrogen) atoms. The highest BCUT2D eigenvalue weighted by Gasteiger charge is 2.49. The lowest BCUT2D eigenvalue weighted by Crippen LogP contribution is -2.42. The highest BCUT2D eigenvalue weighted by molar-refractivity contribution is 7.92. The van der Waals surface area contributed by atoms with E-state index in [0.717, 1.165) is 44.1 Å². The number of nitrogens with zero attached hydrogens (tertiary/aromatic N) is 4. The topological polar surface area (TPSA) is 129 Å². The number of hydrogen-bond donors (Lipinski definition) is 2. The third kappa shape index (κ3) is 5.42. The van der Waals surface area contributed by atoms with E-state index in [0.29, 0.717) is 24.4 Å². The first-order valence-corrected chi connectivity index (χ1v) is 14.3. The quantitative estimate of drug-likeness (QED) is 0.545. The molecule has 3 fully saturated rings. The molecule has 210 valence electrons. The van der Waals surface area contributed by atoms with Gasteiger partial charge in [0, 0.05) is 19.0 Å². The molecule has 0 unspecified atom stereocenters. The van der Waals surface area contributed by atoms with Gasteiger partial charge in [-0.15, -0.1) is 0 Å². The maximum atomic E-state index is 13.7. The van der Waals surface area contributed by atoms with Crippen LogP contribution in [0.4, 0.5) is 23.8 Å². The minimum atomic E-state index is -4.86. The standard InChI is InChI=1S/C25H29F3N6O4S/c1-16-12-21(34(32-16)17-6-10-30-11-7-17)33-14-18(13-22(33)38-23(35)31-24(15-29)8-9-24)39(36,37)20-5-3-2-4-19(20)25(26,27)28/h2-5,12,17-18,22,30H,6-11,13-14H2,1H3,(H,31,35)/t18-,22+/m1/s1. The molecule has 2 aliphatic heterocycles. The van der Waals surface area contributed by atoms with Crippen molar-refractivity contribution in [2.45, 2.75) is 73.2 Å². The Balaban J connectivity index is 1.49. The summed E-state index contributed by atoms with van der Waals surface area (Å²) in [6, 6.07) is 7.90. The van der Waals surface area contributed by atoms with Crippen molar-refractivity contribution in [3.8, 4) is 6.07 Å². The fourth-order valence-corrected chi connectivity index (χ4v) is 7.14. The smallest absolute Gasteiger partial charge is 0.417 e. The molecule has 1 aliphatic carbocycles. The van der Waals surface area contributed by atoms with Crippen molar-refractivity contribution in [2.75, 3.05) is 24.5 Å². The number of amides is 1. The molecule has 10 nitrogen and oxygen atoms in total. The molecule has 0 radical (unpaired) electrons. The van der Waals surface area contributed by atoms with E-state index in [1.807, 2.05) is 6.07 Å². The predicted molar refractivity (Wildman–Crippen MR) is 133 cm³/mol. The summed E-state index contributed by atoms with van der Waals surface area (Å²) < 4.78 is 75.9. The Morgan fingerprint density at radius 1 is 1.26 bits per heavy atom. The van der Waals surface area contributed by atoms with Crippen LogP contribution in [-0.2, 0) is 20.8 Å². The number of nitriles is 1. The Morgan fingerprint density at radius 3 is 2.59 bits per heavy atom. The summed E-state index contributed by atoms with van der Waals surface area (Å²) in [4.78, 5) is 13.5. The van der Waals surface area contributed by atoms with Crippen molar-refractivity contribution in [3.63, 3.8) is 0 Å². The van der Waals surface area contributed by atoms with Gasteiger partial charge in [-0.25, -0.2) is 17.9 Å². The fraction of sp³-hybridized carbons (Fsp3) is 0.560. The van der Waals surface area contributed by atoms with Gasteiger partial charge in [-0.3, -0.25) is 0 Å². The molecule has 0 bridgehead atoms. The van der Waals surface area contributed by atoms with Gasteiger partial charge in [0.05, 0.1) is 33.5 Å². The number of piperidine rings is 1. The number of sulfone groups is 1. The second kappa shape index (κ2) is 10.0. The summed E-state index contributed by atoms with van der Waals surface area (Å²) in [5.41, 5.74) is -1.58. The molecule has 3 aliphatic rings. The summed E-state index contributed by atoms with van der Waals surface area (Å²) in [5, 5.41) is 18.5. The van der Waals surface area contributed by atoms with E-state index in [1.165, 1.54) is 6.07 Å². The Kier molecular flexibility index (Phi) is 7.00. The van der Waals surface area contributed by atoms with Gasteiger partial charge in [-0.2, -0.15) is 23.5 Å². The molecule has 2 aromatic rings. The molecule has 2 N–H and O–H groups in total. The minimum absolute atomic E-state index is 0.0133. The summed E-state index contributed by atoms with van der Waals surface area (Å²) >= 11 is 0. The number of carbonyl (C=O) groups is 1. The van der Waals surface area contributed by atoms with Gasteiger partial charge < -0.3 is 20.3 Å². The van der Waals surface area contributed by atoms with Crippen LogP contribution < -0.4 is 15.5 Å². The summed E-state index contributed by atoms with van der Waals surface area (Å²) in [6.45, 7) is 3.13. The van der Waals surface area contributed by atoms with Crippen LogP contribution in [0, 0.1) is 18.3 Å². The lowest BCUT2D eigenvalue weighted by molar-refractivity contribution is -0.139. The maximum absolute atomic E-state index is 13.7. The molecule has 1 aromatic carbocycles. The van der Waals surface area contributed by atoms with E-state index >= 15 is 0 Å². The molecular weight excluding hydrogens is 537 g/mol. The Morgan fingerprint density at radius 2 is 1.95 bits per heavy atom. The first-order valence-electron chi connectivity index (χ1n) is 12.8. The third-order valence-corrected chi connectivity index (χ3v) is 9.67. The molecule has 1 saturated carbocycles. The van der Waals surface area contributed by atoms with Crippen molar-refractivity contribution in [1.82, 2.24) is 20.4 Å². The average molecular weight is 567 g/mol. The zero-order chi connectivity index (χ0) is 28.0. The monoisotopic (exact) mass is 566 g/mol. The minimum Gasteiger partial charge on any atom is -0.425 e. The van der Waals surface area contributed by atoms with Crippen LogP contribution in [0.3, 0.4) is 0 Å². The fourth-order valence-electron chi connectivity index (χ4n) is 5.25. The zero-order valence-electron chi connectivity index (χ0n) is 21.2. The Labute approximate surface area is 224 Å². The molecule has 1 aromatic heterocycles. The van der Waals surface area contributed by atoms with E-state index in [2.05, 4.69) is 15.7 Å². The van der Waals surface area contributed by atoms with Crippen molar-refractivity contribution < 1.29 is 31.1 Å². The predicted octanol–water partition coefficient (Wildman–Crippen LogP) is 3.30. The second-order valence-corrected chi connectivity index (χ2v) is 12.5. The largest absolute Gasteiger partial charge is 0.425 e. The number of ether oxygens (including phenoxy) is 1. The first kappa shape index (κ1) is 27.3. The molecule has 14 heteroatoms. The molecule has 5 rings (SSSR count). The van der Waals surface area contributed by atoms with Gasteiger partial charge in [0.25, 0.3) is 0 Å². The van der Waals surface area contributed by atoms with E-state index in [1.54, 1.807) is 22.6 Å². The van der Waals surface area contributed by atoms with Gasteiger partial charge >= 0.3 is 12.3 Å². The lowest BCUT2D eigenvalue weighted by atomic mass is 10.1. The highest BCUT2D eigenvalue weighted by atomic mass is 32.2. The van der Waals surface area contributed by atoms with Crippen LogP contribution in [-0.4, -0.2) is 60.9 Å². The number of halogens is 3. The Hall–Kier alpha value is -3.31. The van der Waals surface area contributed by atoms with Gasteiger partial charge in [-0.05, 0) is 57.8 Å².